The quantitative estimate of drug-likeness (QED) is 0.305. The normalized spacial score (nSPS) is 16.3. The summed E-state index contributed by atoms with van der Waals surface area (Å²) in [6.07, 6.45) is -0.00779. The second-order valence-electron chi connectivity index (χ2n) is 2.76. The van der Waals surface area contributed by atoms with Gasteiger partial charge in [0, 0.05) is 19.2 Å². The smallest absolute Gasteiger partial charge is 0.353 e. The average Bonchev–Trinajstić information content (AvgIpc) is 2.04. The van der Waals surface area contributed by atoms with Crippen LogP contribution in [0.1, 0.15) is 13.3 Å². The Morgan fingerprint density at radius 3 is 2.50 bits per heavy atom. The Morgan fingerprint density at radius 1 is 1.57 bits per heavy atom. The van der Waals surface area contributed by atoms with Gasteiger partial charge in [-0.05, 0) is 6.92 Å². The molecule has 2 N–H and O–H groups in total. The molecule has 0 aromatic rings. The maximum Gasteiger partial charge on any atom is 0.353 e. The Hall–Kier alpha value is -0.870. The van der Waals surface area contributed by atoms with Gasteiger partial charge >= 0.3 is 5.97 Å². The predicted molar refractivity (Wildman–Crippen MR) is 51.5 cm³/mol. The molecule has 0 aliphatic rings. The third-order valence-corrected chi connectivity index (χ3v) is 3.36. The Bertz CT molecular complexity index is 275. The van der Waals surface area contributed by atoms with Gasteiger partial charge in [0.2, 0.25) is 7.37 Å². The van der Waals surface area contributed by atoms with Crippen molar-refractivity contribution >= 4 is 19.0 Å². The monoisotopic (exact) mass is 223 g/mol. The Kier molecular flexibility index (Phi) is 5.42. The van der Waals surface area contributed by atoms with Crippen LogP contribution in [0, 0.1) is 0 Å². The molecule has 6 nitrogen and oxygen atoms in total. The third-order valence-electron chi connectivity index (χ3n) is 1.52. The Labute approximate surface area is 82.0 Å². The molecule has 0 aromatic heterocycles. The number of hydrogen-bond acceptors (Lipinski definition) is 5. The van der Waals surface area contributed by atoms with Crippen molar-refractivity contribution in [3.63, 3.8) is 0 Å². The Morgan fingerprint density at radius 2 is 2.14 bits per heavy atom. The van der Waals surface area contributed by atoms with Crippen LogP contribution in [-0.2, 0) is 13.9 Å². The van der Waals surface area contributed by atoms with Gasteiger partial charge in [0.25, 0.3) is 0 Å². The molecule has 0 aliphatic heterocycles. The summed E-state index contributed by atoms with van der Waals surface area (Å²) >= 11 is 0. The number of hydrogen-bond donors (Lipinski definition) is 2. The first-order valence-electron chi connectivity index (χ1n) is 4.08. The van der Waals surface area contributed by atoms with Crippen LogP contribution >= 0.6 is 7.37 Å². The number of rotatable bonds is 6. The van der Waals surface area contributed by atoms with Crippen molar-refractivity contribution in [2.24, 2.45) is 5.16 Å². The van der Waals surface area contributed by atoms with Crippen LogP contribution in [0.25, 0.3) is 0 Å². The first-order chi connectivity index (χ1) is 6.43. The Balaban J connectivity index is 4.17. The second kappa shape index (κ2) is 5.78. The minimum atomic E-state index is -2.75. The highest BCUT2D eigenvalue weighted by Crippen LogP contribution is 2.42. The first kappa shape index (κ1) is 13.1. The third kappa shape index (κ3) is 4.99. The van der Waals surface area contributed by atoms with Crippen LogP contribution in [0.4, 0.5) is 0 Å². The molecule has 0 aliphatic carbocycles. The van der Waals surface area contributed by atoms with E-state index in [2.05, 4.69) is 5.16 Å². The fourth-order valence-electron chi connectivity index (χ4n) is 0.846. The van der Waals surface area contributed by atoms with Crippen LogP contribution in [0.2, 0.25) is 0 Å². The van der Waals surface area contributed by atoms with Gasteiger partial charge in [-0.25, -0.2) is 4.79 Å². The maximum absolute atomic E-state index is 11.5. The zero-order chi connectivity index (χ0) is 11.2. The molecule has 1 unspecified atom stereocenters. The number of nitrogens with zero attached hydrogens (tertiary/aromatic N) is 1. The number of aliphatic carboxylic acids is 1. The molecule has 0 fully saturated rings. The molecule has 7 heteroatoms. The number of carboxylic acids is 1. The van der Waals surface area contributed by atoms with Crippen LogP contribution in [0.15, 0.2) is 5.16 Å². The molecule has 0 aromatic carbocycles. The van der Waals surface area contributed by atoms with Crippen molar-refractivity contribution < 1.29 is 24.2 Å². The lowest BCUT2D eigenvalue weighted by Gasteiger charge is -2.11. The number of carbonyl (C=O) groups is 1. The van der Waals surface area contributed by atoms with Gasteiger partial charge in [0.1, 0.15) is 0 Å². The topological polar surface area (TPSA) is 96.2 Å². The molecule has 0 heterocycles. The highest BCUT2D eigenvalue weighted by atomic mass is 31.2. The summed E-state index contributed by atoms with van der Waals surface area (Å²) in [5, 5.41) is 19.4. The van der Waals surface area contributed by atoms with Gasteiger partial charge in [-0.1, -0.05) is 5.16 Å². The molecular weight excluding hydrogens is 209 g/mol. The fourth-order valence-corrected chi connectivity index (χ4v) is 2.14. The van der Waals surface area contributed by atoms with Gasteiger partial charge in [-0.3, -0.25) is 4.57 Å². The molecule has 0 radical (unpaired) electrons. The molecule has 0 saturated heterocycles. The largest absolute Gasteiger partial charge is 0.477 e. The lowest BCUT2D eigenvalue weighted by atomic mass is 10.3. The van der Waals surface area contributed by atoms with E-state index in [1.807, 2.05) is 0 Å². The van der Waals surface area contributed by atoms with Crippen LogP contribution in [-0.4, -0.2) is 41.4 Å². The zero-order valence-electron chi connectivity index (χ0n) is 8.13. The highest BCUT2D eigenvalue weighted by Gasteiger charge is 2.19. The predicted octanol–water partition coefficient (Wildman–Crippen LogP) is 1.24. The van der Waals surface area contributed by atoms with Crippen molar-refractivity contribution in [3.8, 4) is 0 Å². The van der Waals surface area contributed by atoms with E-state index >= 15 is 0 Å². The van der Waals surface area contributed by atoms with Crippen molar-refractivity contribution in [1.29, 1.82) is 0 Å². The summed E-state index contributed by atoms with van der Waals surface area (Å²) in [5.41, 5.74) is -0.410. The molecule has 0 bridgehead atoms. The SMILES string of the molecule is CCOP(C)(=O)CCC(=NO)C(=O)O. The summed E-state index contributed by atoms with van der Waals surface area (Å²) in [7, 11) is -2.75. The molecule has 1 atom stereocenters. The van der Waals surface area contributed by atoms with Gasteiger partial charge in [-0.15, -0.1) is 0 Å². The second-order valence-corrected chi connectivity index (χ2v) is 5.49. The molecule has 14 heavy (non-hydrogen) atoms. The van der Waals surface area contributed by atoms with E-state index in [1.165, 1.54) is 6.66 Å². The minimum Gasteiger partial charge on any atom is -0.477 e. The van der Waals surface area contributed by atoms with Crippen molar-refractivity contribution in [3.05, 3.63) is 0 Å². The van der Waals surface area contributed by atoms with Crippen LogP contribution < -0.4 is 0 Å². The van der Waals surface area contributed by atoms with Crippen molar-refractivity contribution in [2.45, 2.75) is 13.3 Å². The van der Waals surface area contributed by atoms with Crippen molar-refractivity contribution in [1.82, 2.24) is 0 Å². The van der Waals surface area contributed by atoms with E-state index in [4.69, 9.17) is 14.8 Å². The lowest BCUT2D eigenvalue weighted by molar-refractivity contribution is -0.129. The van der Waals surface area contributed by atoms with E-state index < -0.39 is 19.0 Å². The zero-order valence-corrected chi connectivity index (χ0v) is 9.03. The average molecular weight is 223 g/mol. The maximum atomic E-state index is 11.5. The molecule has 0 saturated carbocycles. The van der Waals surface area contributed by atoms with E-state index in [0.29, 0.717) is 6.61 Å². The van der Waals surface area contributed by atoms with Gasteiger partial charge in [0.15, 0.2) is 5.71 Å². The van der Waals surface area contributed by atoms with Crippen molar-refractivity contribution in [2.75, 3.05) is 19.4 Å². The molecular formula is C7H14NO5P. The summed E-state index contributed by atoms with van der Waals surface area (Å²) < 4.78 is 16.4. The summed E-state index contributed by atoms with van der Waals surface area (Å²) in [6, 6.07) is 0. The van der Waals surface area contributed by atoms with E-state index in [-0.39, 0.29) is 12.6 Å². The van der Waals surface area contributed by atoms with Gasteiger partial charge < -0.3 is 14.8 Å². The van der Waals surface area contributed by atoms with Gasteiger partial charge in [-0.2, -0.15) is 0 Å². The molecule has 0 rings (SSSR count). The van der Waals surface area contributed by atoms with E-state index in [1.54, 1.807) is 6.92 Å². The van der Waals surface area contributed by atoms with Crippen LogP contribution in [0.3, 0.4) is 0 Å². The minimum absolute atomic E-state index is 0.0620. The first-order valence-corrected chi connectivity index (χ1v) is 6.34. The standard InChI is InChI=1S/C7H14NO5P/c1-3-13-14(2,12)5-4-6(8-11)7(9)10/h11H,3-5H2,1-2H3,(H,9,10). The lowest BCUT2D eigenvalue weighted by Crippen LogP contribution is -2.14. The molecule has 0 spiro atoms. The van der Waals surface area contributed by atoms with Crippen LogP contribution in [0.5, 0.6) is 0 Å². The van der Waals surface area contributed by atoms with E-state index in [9.17, 15) is 9.36 Å². The van der Waals surface area contributed by atoms with Gasteiger partial charge in [0.05, 0.1) is 6.61 Å². The number of oxime groups is 1. The number of carboxylic acid groups (broad SMARTS) is 1. The summed E-state index contributed by atoms with van der Waals surface area (Å²) in [4.78, 5) is 10.4. The molecule has 82 valence electrons. The summed E-state index contributed by atoms with van der Waals surface area (Å²) in [6.45, 7) is 3.44. The highest BCUT2D eigenvalue weighted by molar-refractivity contribution is 7.58. The fraction of sp³-hybridized carbons (Fsp3) is 0.714. The van der Waals surface area contributed by atoms with E-state index in [0.717, 1.165) is 0 Å². The molecule has 0 amide bonds. The summed E-state index contributed by atoms with van der Waals surface area (Å²) in [5.74, 6) is -1.32.